The Labute approximate surface area is 116 Å². The smallest absolute Gasteiger partial charge is 0.129 e. The van der Waals surface area contributed by atoms with Gasteiger partial charge in [0.05, 0.1) is 4.99 Å². The van der Waals surface area contributed by atoms with Crippen molar-refractivity contribution in [2.24, 2.45) is 0 Å². The molecule has 0 radical (unpaired) electrons. The molecule has 0 aliphatic rings. The molecule has 108 valence electrons. The lowest BCUT2D eigenvalue weighted by atomic mass is 10.4. The third-order valence-electron chi connectivity index (χ3n) is 1.92. The Morgan fingerprint density at radius 2 is 1.24 bits per heavy atom. The molecule has 0 saturated carbocycles. The second kappa shape index (κ2) is 20.9. The summed E-state index contributed by atoms with van der Waals surface area (Å²) in [5, 5.41) is 0. The molecular weight excluding hydrogens is 230 g/mol. The lowest BCUT2D eigenvalue weighted by molar-refractivity contribution is -0.116. The van der Waals surface area contributed by atoms with Gasteiger partial charge in [0.25, 0.3) is 0 Å². The minimum absolute atomic E-state index is 0. The SMILES string of the molecule is C.C.C.CCC(=S)N(CC)CC.CCC(C)=O. The monoisotopic (exact) mass is 265 g/mol. The van der Waals surface area contributed by atoms with E-state index in [2.05, 4.69) is 25.7 Å². The maximum atomic E-state index is 9.81. The summed E-state index contributed by atoms with van der Waals surface area (Å²) < 4.78 is 0. The normalized spacial score (nSPS) is 7.12. The molecule has 0 saturated heterocycles. The van der Waals surface area contributed by atoms with Crippen LogP contribution in [-0.4, -0.2) is 28.8 Å². The number of Topliss-reactive ketones (excluding diaryl/α,β-unsaturated/α-hetero) is 1. The van der Waals surface area contributed by atoms with Gasteiger partial charge in [0, 0.05) is 19.5 Å². The largest absolute Gasteiger partial charge is 0.367 e. The van der Waals surface area contributed by atoms with Gasteiger partial charge in [0.15, 0.2) is 0 Å². The van der Waals surface area contributed by atoms with Crippen LogP contribution in [0, 0.1) is 0 Å². The predicted octanol–water partition coefficient (Wildman–Crippen LogP) is 4.96. The Hall–Kier alpha value is -0.440. The Balaban J connectivity index is -0.0000000533. The molecule has 0 heterocycles. The van der Waals surface area contributed by atoms with Gasteiger partial charge in [-0.05, 0) is 27.2 Å². The molecule has 0 amide bonds. The van der Waals surface area contributed by atoms with Crippen LogP contribution in [-0.2, 0) is 4.79 Å². The van der Waals surface area contributed by atoms with Gasteiger partial charge >= 0.3 is 0 Å². The van der Waals surface area contributed by atoms with E-state index in [1.54, 1.807) is 6.92 Å². The molecule has 0 unspecified atom stereocenters. The van der Waals surface area contributed by atoms with E-state index in [0.717, 1.165) is 24.5 Å². The summed E-state index contributed by atoms with van der Waals surface area (Å²) in [7, 11) is 0. The van der Waals surface area contributed by atoms with Gasteiger partial charge in [0.2, 0.25) is 0 Å². The van der Waals surface area contributed by atoms with Crippen LogP contribution in [0.4, 0.5) is 0 Å². The standard InChI is InChI=1S/C7H15NS.C4H8O.3CH4/c1-4-7(9)8(5-2)6-3;1-3-4(2)5;;;/h4-6H2,1-3H3;3H2,1-2H3;3*1H4. The molecule has 0 spiro atoms. The van der Waals surface area contributed by atoms with Crippen molar-refractivity contribution < 1.29 is 4.79 Å². The molecule has 0 aromatic carbocycles. The molecule has 0 atom stereocenters. The second-order valence-corrected chi connectivity index (χ2v) is 3.45. The molecule has 0 bridgehead atoms. The fourth-order valence-electron chi connectivity index (χ4n) is 0.800. The average Bonchev–Trinajstić information content (AvgIpc) is 2.20. The van der Waals surface area contributed by atoms with Crippen LogP contribution in [0.2, 0.25) is 0 Å². The van der Waals surface area contributed by atoms with Gasteiger partial charge in [-0.25, -0.2) is 0 Å². The maximum absolute atomic E-state index is 9.81. The number of rotatable bonds is 4. The number of hydrogen-bond donors (Lipinski definition) is 0. The minimum Gasteiger partial charge on any atom is -0.367 e. The number of ketones is 1. The molecular formula is C14H35NOS. The van der Waals surface area contributed by atoms with E-state index in [1.165, 1.54) is 0 Å². The van der Waals surface area contributed by atoms with Crippen LogP contribution in [0.15, 0.2) is 0 Å². The zero-order valence-corrected chi connectivity index (χ0v) is 10.9. The molecule has 2 nitrogen and oxygen atoms in total. The first-order valence-corrected chi connectivity index (χ1v) is 5.71. The van der Waals surface area contributed by atoms with Crippen molar-refractivity contribution in [1.29, 1.82) is 0 Å². The molecule has 0 aliphatic carbocycles. The first-order valence-electron chi connectivity index (χ1n) is 5.30. The number of hydrogen-bond acceptors (Lipinski definition) is 2. The molecule has 0 aromatic heterocycles. The van der Waals surface area contributed by atoms with Gasteiger partial charge in [-0.2, -0.15) is 0 Å². The van der Waals surface area contributed by atoms with Gasteiger partial charge in [0.1, 0.15) is 5.78 Å². The van der Waals surface area contributed by atoms with Crippen molar-refractivity contribution in [3.05, 3.63) is 0 Å². The Bertz CT molecular complexity index is 166. The lowest BCUT2D eigenvalue weighted by Crippen LogP contribution is -2.28. The van der Waals surface area contributed by atoms with Gasteiger partial charge in [-0.3, -0.25) is 0 Å². The molecule has 0 N–H and O–H groups in total. The van der Waals surface area contributed by atoms with Crippen molar-refractivity contribution >= 4 is 23.0 Å². The highest BCUT2D eigenvalue weighted by atomic mass is 32.1. The predicted molar refractivity (Wildman–Crippen MR) is 87.0 cm³/mol. The molecule has 17 heavy (non-hydrogen) atoms. The fraction of sp³-hybridized carbons (Fsp3) is 0.857. The Kier molecular flexibility index (Phi) is 36.9. The van der Waals surface area contributed by atoms with E-state index < -0.39 is 0 Å². The quantitative estimate of drug-likeness (QED) is 0.670. The van der Waals surface area contributed by atoms with Crippen molar-refractivity contribution in [3.8, 4) is 0 Å². The van der Waals surface area contributed by atoms with Gasteiger partial charge in [-0.15, -0.1) is 0 Å². The number of thiocarbonyl (C=S) groups is 1. The zero-order valence-electron chi connectivity index (χ0n) is 10.1. The summed E-state index contributed by atoms with van der Waals surface area (Å²) in [5.41, 5.74) is 0. The van der Waals surface area contributed by atoms with Crippen LogP contribution >= 0.6 is 12.2 Å². The third-order valence-corrected chi connectivity index (χ3v) is 2.46. The van der Waals surface area contributed by atoms with Crippen LogP contribution in [0.3, 0.4) is 0 Å². The van der Waals surface area contributed by atoms with Crippen molar-refractivity contribution in [2.75, 3.05) is 13.1 Å². The molecule has 0 aromatic rings. The summed E-state index contributed by atoms with van der Waals surface area (Å²) in [4.78, 5) is 13.1. The van der Waals surface area contributed by atoms with Gasteiger partial charge < -0.3 is 9.69 Å². The fourth-order valence-corrected chi connectivity index (χ4v) is 1.06. The Morgan fingerprint density at radius 1 is 0.941 bits per heavy atom. The molecule has 0 fully saturated rings. The molecule has 0 aliphatic heterocycles. The van der Waals surface area contributed by atoms with Crippen LogP contribution < -0.4 is 0 Å². The summed E-state index contributed by atoms with van der Waals surface area (Å²) in [6.45, 7) is 11.9. The maximum Gasteiger partial charge on any atom is 0.129 e. The van der Waals surface area contributed by atoms with Crippen molar-refractivity contribution in [3.63, 3.8) is 0 Å². The summed E-state index contributed by atoms with van der Waals surface area (Å²) in [5.74, 6) is 0.255. The average molecular weight is 266 g/mol. The topological polar surface area (TPSA) is 20.3 Å². The summed E-state index contributed by atoms with van der Waals surface area (Å²) in [6, 6.07) is 0. The summed E-state index contributed by atoms with van der Waals surface area (Å²) >= 11 is 5.10. The highest BCUT2D eigenvalue weighted by Gasteiger charge is 1.99. The van der Waals surface area contributed by atoms with E-state index in [0.29, 0.717) is 6.42 Å². The summed E-state index contributed by atoms with van der Waals surface area (Å²) in [6.07, 6.45) is 1.66. The lowest BCUT2D eigenvalue weighted by Gasteiger charge is -2.20. The van der Waals surface area contributed by atoms with Crippen LogP contribution in [0.25, 0.3) is 0 Å². The second-order valence-electron chi connectivity index (χ2n) is 2.98. The number of carbonyl (C=O) groups is 1. The highest BCUT2D eigenvalue weighted by molar-refractivity contribution is 7.80. The Morgan fingerprint density at radius 3 is 1.29 bits per heavy atom. The number of carbonyl (C=O) groups excluding carboxylic acids is 1. The zero-order chi connectivity index (χ0) is 11.6. The van der Waals surface area contributed by atoms with E-state index in [9.17, 15) is 4.79 Å². The molecule has 3 heteroatoms. The minimum atomic E-state index is 0. The first-order chi connectivity index (χ1) is 6.53. The van der Waals surface area contributed by atoms with Crippen molar-refractivity contribution in [2.45, 2.75) is 69.7 Å². The van der Waals surface area contributed by atoms with E-state index >= 15 is 0 Å². The van der Waals surface area contributed by atoms with Crippen molar-refractivity contribution in [1.82, 2.24) is 4.90 Å². The highest BCUT2D eigenvalue weighted by Crippen LogP contribution is 1.94. The van der Waals surface area contributed by atoms with E-state index in [4.69, 9.17) is 12.2 Å². The van der Waals surface area contributed by atoms with Gasteiger partial charge in [-0.1, -0.05) is 48.3 Å². The van der Waals surface area contributed by atoms with Crippen LogP contribution in [0.1, 0.15) is 69.7 Å². The van der Waals surface area contributed by atoms with E-state index in [-0.39, 0.29) is 28.1 Å². The van der Waals surface area contributed by atoms with E-state index in [1.807, 2.05) is 6.92 Å². The third kappa shape index (κ3) is 21.4. The molecule has 0 rings (SSSR count). The van der Waals surface area contributed by atoms with Crippen LogP contribution in [0.5, 0.6) is 0 Å². The number of nitrogens with zero attached hydrogens (tertiary/aromatic N) is 1. The first kappa shape index (κ1) is 30.0.